The average Bonchev–Trinajstić information content (AvgIpc) is 2.77. The molecule has 0 aliphatic carbocycles. The molecule has 0 aliphatic heterocycles. The minimum Gasteiger partial charge on any atom is -0.384 e. The maximum atomic E-state index is 12.4. The van der Waals surface area contributed by atoms with Crippen LogP contribution in [0.5, 0.6) is 0 Å². The van der Waals surface area contributed by atoms with E-state index in [0.29, 0.717) is 24.4 Å². The normalized spacial score (nSPS) is 17.5. The first-order valence-electron chi connectivity index (χ1n) is 5.59. The second kappa shape index (κ2) is 5.54. The van der Waals surface area contributed by atoms with Crippen LogP contribution in [0.2, 0.25) is 0 Å². The molecule has 1 heterocycles. The highest BCUT2D eigenvalue weighted by molar-refractivity contribution is 7.11. The van der Waals surface area contributed by atoms with Crippen LogP contribution < -0.4 is 0 Å². The molecule has 0 saturated heterocycles. The van der Waals surface area contributed by atoms with Gasteiger partial charge >= 0.3 is 6.18 Å². The zero-order valence-electron chi connectivity index (χ0n) is 10.4. The van der Waals surface area contributed by atoms with Crippen molar-refractivity contribution in [3.05, 3.63) is 16.1 Å². The van der Waals surface area contributed by atoms with E-state index in [1.165, 1.54) is 0 Å². The summed E-state index contributed by atoms with van der Waals surface area (Å²) in [5.74, 6) is 0. The van der Waals surface area contributed by atoms with Gasteiger partial charge in [0.25, 0.3) is 0 Å². The minimum absolute atomic E-state index is 0.167. The summed E-state index contributed by atoms with van der Waals surface area (Å²) in [4.78, 5) is 3.46. The van der Waals surface area contributed by atoms with E-state index in [-0.39, 0.29) is 4.88 Å². The number of hydrogen-bond acceptors (Lipinski definition) is 4. The largest absolute Gasteiger partial charge is 0.443 e. The number of nitrogens with zero attached hydrogens (tertiary/aromatic N) is 1. The fourth-order valence-electron chi connectivity index (χ4n) is 1.55. The van der Waals surface area contributed by atoms with E-state index >= 15 is 0 Å². The van der Waals surface area contributed by atoms with Gasteiger partial charge in [-0.3, -0.25) is 0 Å². The van der Waals surface area contributed by atoms with Gasteiger partial charge in [-0.15, -0.1) is 11.3 Å². The van der Waals surface area contributed by atoms with E-state index in [4.69, 9.17) is 4.74 Å². The first kappa shape index (κ1) is 15.4. The second-order valence-electron chi connectivity index (χ2n) is 4.07. The Labute approximate surface area is 108 Å². The molecule has 1 rings (SSSR count). The van der Waals surface area contributed by atoms with E-state index in [1.807, 2.05) is 6.92 Å². The molecule has 0 amide bonds. The molecule has 3 nitrogen and oxygen atoms in total. The van der Waals surface area contributed by atoms with E-state index < -0.39 is 22.9 Å². The molecule has 0 spiro atoms. The Balaban J connectivity index is 2.96. The van der Waals surface area contributed by atoms with Gasteiger partial charge in [0.2, 0.25) is 0 Å². The van der Waals surface area contributed by atoms with Crippen molar-refractivity contribution in [1.29, 1.82) is 0 Å². The summed E-state index contributed by atoms with van der Waals surface area (Å²) >= 11 is 0.450. The molecule has 1 N–H and O–H groups in total. The Morgan fingerprint density at radius 2 is 2.06 bits per heavy atom. The second-order valence-corrected chi connectivity index (χ2v) is 5.13. The third-order valence-corrected chi connectivity index (χ3v) is 3.88. The van der Waals surface area contributed by atoms with Gasteiger partial charge in [0, 0.05) is 12.8 Å². The van der Waals surface area contributed by atoms with Crippen molar-refractivity contribution in [3.8, 4) is 0 Å². The number of ether oxygens (including phenoxy) is 1. The molecule has 0 aromatic carbocycles. The van der Waals surface area contributed by atoms with Crippen molar-refractivity contribution in [1.82, 2.24) is 4.98 Å². The molecular formula is C11H16F3NO2S. The number of halogens is 3. The summed E-state index contributed by atoms with van der Waals surface area (Å²) < 4.78 is 42.7. The van der Waals surface area contributed by atoms with Crippen LogP contribution >= 0.6 is 11.3 Å². The monoisotopic (exact) mass is 283 g/mol. The predicted octanol–water partition coefficient (Wildman–Crippen LogP) is 3.40. The molecule has 0 aliphatic rings. The molecule has 1 aromatic rings. The van der Waals surface area contributed by atoms with Crippen LogP contribution in [0, 0.1) is 0 Å². The lowest BCUT2D eigenvalue weighted by Gasteiger charge is -2.32. The summed E-state index contributed by atoms with van der Waals surface area (Å²) in [6.45, 7) is 5.64. The number of alkyl halides is 3. The molecule has 0 radical (unpaired) electrons. The van der Waals surface area contributed by atoms with Gasteiger partial charge in [-0.25, -0.2) is 4.98 Å². The van der Waals surface area contributed by atoms with Crippen molar-refractivity contribution >= 4 is 11.3 Å². The molecule has 2 atom stereocenters. The van der Waals surface area contributed by atoms with Gasteiger partial charge < -0.3 is 9.84 Å². The summed E-state index contributed by atoms with van der Waals surface area (Å²) in [6.07, 6.45) is -4.04. The molecule has 0 fully saturated rings. The highest BCUT2D eigenvalue weighted by atomic mass is 32.1. The summed E-state index contributed by atoms with van der Waals surface area (Å²) in [5, 5.41) is 9.18. The highest BCUT2D eigenvalue weighted by Crippen LogP contribution is 2.39. The molecule has 0 saturated carbocycles. The van der Waals surface area contributed by atoms with Crippen molar-refractivity contribution in [2.75, 3.05) is 6.61 Å². The lowest BCUT2D eigenvalue weighted by Crippen LogP contribution is -2.35. The van der Waals surface area contributed by atoms with E-state index in [9.17, 15) is 18.3 Å². The maximum Gasteiger partial charge on any atom is 0.443 e. The smallest absolute Gasteiger partial charge is 0.384 e. The van der Waals surface area contributed by atoms with E-state index in [0.717, 1.165) is 6.20 Å². The third kappa shape index (κ3) is 3.21. The lowest BCUT2D eigenvalue weighted by atomic mass is 9.95. The Morgan fingerprint density at radius 3 is 2.44 bits per heavy atom. The molecule has 0 bridgehead atoms. The Morgan fingerprint density at radius 1 is 1.44 bits per heavy atom. The van der Waals surface area contributed by atoms with Crippen LogP contribution in [-0.2, 0) is 10.9 Å². The lowest BCUT2D eigenvalue weighted by molar-refractivity contribution is -0.137. The molecule has 2 unspecified atom stereocenters. The van der Waals surface area contributed by atoms with Crippen LogP contribution in [0.1, 0.15) is 43.2 Å². The molecule has 7 heteroatoms. The number of aliphatic hydroxyl groups is 1. The first-order valence-corrected chi connectivity index (χ1v) is 6.41. The predicted molar refractivity (Wildman–Crippen MR) is 62.4 cm³/mol. The number of rotatable bonds is 5. The van der Waals surface area contributed by atoms with Crippen molar-refractivity contribution in [2.24, 2.45) is 0 Å². The Kier molecular flexibility index (Phi) is 4.74. The van der Waals surface area contributed by atoms with E-state index in [1.54, 1.807) is 13.8 Å². The van der Waals surface area contributed by atoms with Gasteiger partial charge in [-0.05, 0) is 20.3 Å². The number of aromatic nitrogens is 1. The van der Waals surface area contributed by atoms with Crippen molar-refractivity contribution < 1.29 is 23.0 Å². The SMILES string of the molecule is CCOC(C)(CC)C(O)c1cnc(C(F)(F)F)s1. The van der Waals surface area contributed by atoms with Gasteiger partial charge in [0.1, 0.15) is 6.10 Å². The summed E-state index contributed by atoms with van der Waals surface area (Å²) in [7, 11) is 0. The van der Waals surface area contributed by atoms with Gasteiger partial charge in [-0.2, -0.15) is 13.2 Å². The van der Waals surface area contributed by atoms with Crippen LogP contribution in [0.4, 0.5) is 13.2 Å². The van der Waals surface area contributed by atoms with Crippen molar-refractivity contribution in [2.45, 2.75) is 45.1 Å². The molecule has 104 valence electrons. The van der Waals surface area contributed by atoms with Crippen LogP contribution in [0.3, 0.4) is 0 Å². The number of aliphatic hydroxyl groups excluding tert-OH is 1. The van der Waals surface area contributed by atoms with Crippen LogP contribution in [0.25, 0.3) is 0 Å². The van der Waals surface area contributed by atoms with Gasteiger partial charge in [0.05, 0.1) is 10.5 Å². The maximum absolute atomic E-state index is 12.4. The molecule has 1 aromatic heterocycles. The molecule has 18 heavy (non-hydrogen) atoms. The Hall–Kier alpha value is -0.660. The molecular weight excluding hydrogens is 267 g/mol. The average molecular weight is 283 g/mol. The van der Waals surface area contributed by atoms with Crippen LogP contribution in [-0.4, -0.2) is 22.3 Å². The van der Waals surface area contributed by atoms with Gasteiger partial charge in [0.15, 0.2) is 5.01 Å². The van der Waals surface area contributed by atoms with Crippen molar-refractivity contribution in [3.63, 3.8) is 0 Å². The first-order chi connectivity index (χ1) is 8.24. The number of thiazole rings is 1. The summed E-state index contributed by atoms with van der Waals surface area (Å²) in [6, 6.07) is 0. The summed E-state index contributed by atoms with van der Waals surface area (Å²) in [5.41, 5.74) is -0.899. The van der Waals surface area contributed by atoms with Crippen LogP contribution in [0.15, 0.2) is 6.20 Å². The Bertz CT molecular complexity index is 394. The fraction of sp³-hybridized carbons (Fsp3) is 0.727. The third-order valence-electron chi connectivity index (χ3n) is 2.79. The highest BCUT2D eigenvalue weighted by Gasteiger charge is 2.39. The minimum atomic E-state index is -4.48. The van der Waals surface area contributed by atoms with Gasteiger partial charge in [-0.1, -0.05) is 6.92 Å². The quantitative estimate of drug-likeness (QED) is 0.900. The fourth-order valence-corrected chi connectivity index (χ4v) is 2.46. The zero-order valence-corrected chi connectivity index (χ0v) is 11.2. The zero-order chi connectivity index (χ0) is 14.0. The number of hydrogen-bond donors (Lipinski definition) is 1. The van der Waals surface area contributed by atoms with E-state index in [2.05, 4.69) is 4.98 Å². The standard InChI is InChI=1S/C11H16F3NO2S/c1-4-10(3,17-5-2)8(16)7-6-15-9(18-7)11(12,13)14/h6,8,16H,4-5H2,1-3H3. The topological polar surface area (TPSA) is 42.4 Å².